The Morgan fingerprint density at radius 2 is 2.47 bits per heavy atom. The van der Waals surface area contributed by atoms with Crippen LogP contribution in [0.2, 0.25) is 0 Å². The van der Waals surface area contributed by atoms with Crippen LogP contribution < -0.4 is 11.3 Å². The third-order valence-corrected chi connectivity index (χ3v) is 3.86. The highest BCUT2D eigenvalue weighted by molar-refractivity contribution is 7.97. The smallest absolute Gasteiger partial charge is 0.197 e. The minimum atomic E-state index is 0.753. The van der Waals surface area contributed by atoms with Gasteiger partial charge in [0.25, 0.3) is 0 Å². The van der Waals surface area contributed by atoms with E-state index >= 15 is 0 Å². The summed E-state index contributed by atoms with van der Waals surface area (Å²) in [4.78, 5) is 5.30. The molecule has 15 heavy (non-hydrogen) atoms. The number of nitrogens with zero attached hydrogens (tertiary/aromatic N) is 1. The van der Waals surface area contributed by atoms with E-state index in [0.29, 0.717) is 0 Å². The Morgan fingerprint density at radius 3 is 3.13 bits per heavy atom. The van der Waals surface area contributed by atoms with Gasteiger partial charge in [0.2, 0.25) is 0 Å². The highest BCUT2D eigenvalue weighted by Gasteiger charge is 2.01. The zero-order valence-electron chi connectivity index (χ0n) is 7.97. The largest absolute Gasteiger partial charge is 0.468 e. The average molecular weight is 241 g/mol. The molecule has 0 aliphatic carbocycles. The van der Waals surface area contributed by atoms with Gasteiger partial charge in [-0.2, -0.15) is 0 Å². The van der Waals surface area contributed by atoms with Crippen LogP contribution in [-0.2, 0) is 11.5 Å². The summed E-state index contributed by atoms with van der Waals surface area (Å²) < 4.78 is 5.23. The number of hydrazine groups is 1. The van der Waals surface area contributed by atoms with Gasteiger partial charge in [0, 0.05) is 16.8 Å². The first-order chi connectivity index (χ1) is 7.38. The Hall–Kier alpha value is -0.980. The number of nitrogens with two attached hydrogens (primary N) is 1. The number of hydrogen-bond acceptors (Lipinski definition) is 6. The fraction of sp³-hybridized carbons (Fsp3) is 0.222. The summed E-state index contributed by atoms with van der Waals surface area (Å²) in [7, 11) is 0. The molecule has 0 aliphatic heterocycles. The molecule has 2 aromatic rings. The van der Waals surface area contributed by atoms with Crippen molar-refractivity contribution in [2.45, 2.75) is 11.5 Å². The van der Waals surface area contributed by atoms with Gasteiger partial charge in [-0.05, 0) is 12.1 Å². The SMILES string of the molecule is NNc1ncc(CSCc2ccco2)s1. The van der Waals surface area contributed by atoms with Crippen LogP contribution in [0.1, 0.15) is 10.6 Å². The maximum atomic E-state index is 5.25. The van der Waals surface area contributed by atoms with Crippen molar-refractivity contribution in [1.29, 1.82) is 0 Å². The molecule has 0 fully saturated rings. The lowest BCUT2D eigenvalue weighted by molar-refractivity contribution is 0.530. The van der Waals surface area contributed by atoms with E-state index in [1.54, 1.807) is 29.4 Å². The molecule has 0 radical (unpaired) electrons. The van der Waals surface area contributed by atoms with E-state index in [-0.39, 0.29) is 0 Å². The molecule has 2 heterocycles. The zero-order chi connectivity index (χ0) is 10.5. The first kappa shape index (κ1) is 10.5. The number of anilines is 1. The second kappa shape index (κ2) is 5.20. The Labute approximate surface area is 95.9 Å². The molecule has 0 aliphatic rings. The van der Waals surface area contributed by atoms with Crippen LogP contribution in [0.25, 0.3) is 0 Å². The fourth-order valence-electron chi connectivity index (χ4n) is 1.09. The summed E-state index contributed by atoms with van der Waals surface area (Å²) in [5, 5.41) is 0.753. The standard InChI is InChI=1S/C9H11N3OS2/c10-12-9-11-4-8(15-9)6-14-5-7-2-1-3-13-7/h1-4H,5-6,10H2,(H,11,12). The molecule has 0 saturated carbocycles. The Bertz CT molecular complexity index is 399. The molecule has 80 valence electrons. The molecule has 6 heteroatoms. The van der Waals surface area contributed by atoms with E-state index in [4.69, 9.17) is 10.3 Å². The van der Waals surface area contributed by atoms with Crippen LogP contribution in [-0.4, -0.2) is 4.98 Å². The molecule has 0 atom stereocenters. The van der Waals surface area contributed by atoms with Crippen molar-refractivity contribution in [3.8, 4) is 0 Å². The van der Waals surface area contributed by atoms with E-state index in [1.807, 2.05) is 18.3 Å². The van der Waals surface area contributed by atoms with Gasteiger partial charge < -0.3 is 4.42 Å². The molecule has 0 bridgehead atoms. The van der Waals surface area contributed by atoms with Crippen molar-refractivity contribution >= 4 is 28.2 Å². The highest BCUT2D eigenvalue weighted by Crippen LogP contribution is 2.24. The highest BCUT2D eigenvalue weighted by atomic mass is 32.2. The minimum absolute atomic E-state index is 0.753. The van der Waals surface area contributed by atoms with Crippen LogP contribution in [0.3, 0.4) is 0 Å². The van der Waals surface area contributed by atoms with Crippen LogP contribution >= 0.6 is 23.1 Å². The number of nitrogens with one attached hydrogen (secondary N) is 1. The number of rotatable bonds is 5. The molecule has 0 amide bonds. The summed E-state index contributed by atoms with van der Waals surface area (Å²) in [6.07, 6.45) is 3.54. The third kappa shape index (κ3) is 2.98. The normalized spacial score (nSPS) is 10.5. The molecule has 0 unspecified atom stereocenters. The van der Waals surface area contributed by atoms with Crippen LogP contribution in [0.5, 0.6) is 0 Å². The summed E-state index contributed by atoms with van der Waals surface area (Å²) in [6.45, 7) is 0. The predicted octanol–water partition coefficient (Wildman–Crippen LogP) is 2.46. The second-order valence-electron chi connectivity index (χ2n) is 2.85. The maximum Gasteiger partial charge on any atom is 0.197 e. The minimum Gasteiger partial charge on any atom is -0.468 e. The first-order valence-electron chi connectivity index (χ1n) is 4.40. The van der Waals surface area contributed by atoms with Gasteiger partial charge in [0.1, 0.15) is 5.76 Å². The van der Waals surface area contributed by atoms with Gasteiger partial charge in [-0.25, -0.2) is 10.8 Å². The fourth-order valence-corrected chi connectivity index (χ4v) is 2.83. The number of nitrogen functional groups attached to an aromatic ring is 1. The van der Waals surface area contributed by atoms with Crippen molar-refractivity contribution in [1.82, 2.24) is 4.98 Å². The van der Waals surface area contributed by atoms with Gasteiger partial charge in [0.15, 0.2) is 5.13 Å². The first-order valence-corrected chi connectivity index (χ1v) is 6.37. The summed E-state index contributed by atoms with van der Waals surface area (Å²) in [5.74, 6) is 8.06. The second-order valence-corrected chi connectivity index (χ2v) is 4.95. The van der Waals surface area contributed by atoms with Gasteiger partial charge in [-0.1, -0.05) is 0 Å². The van der Waals surface area contributed by atoms with Crippen molar-refractivity contribution in [3.63, 3.8) is 0 Å². The van der Waals surface area contributed by atoms with Gasteiger partial charge >= 0.3 is 0 Å². The quantitative estimate of drug-likeness (QED) is 0.622. The predicted molar refractivity (Wildman–Crippen MR) is 63.6 cm³/mol. The van der Waals surface area contributed by atoms with Crippen molar-refractivity contribution in [2.75, 3.05) is 5.43 Å². The van der Waals surface area contributed by atoms with Gasteiger partial charge in [-0.15, -0.1) is 23.1 Å². The topological polar surface area (TPSA) is 64.1 Å². The van der Waals surface area contributed by atoms with Crippen LogP contribution in [0.15, 0.2) is 29.0 Å². The van der Waals surface area contributed by atoms with E-state index in [0.717, 1.165) is 22.4 Å². The summed E-state index contributed by atoms with van der Waals surface area (Å²) in [5.41, 5.74) is 2.53. The third-order valence-electron chi connectivity index (χ3n) is 1.75. The monoisotopic (exact) mass is 241 g/mol. The molecular formula is C9H11N3OS2. The number of thioether (sulfide) groups is 1. The molecule has 2 rings (SSSR count). The summed E-state index contributed by atoms with van der Waals surface area (Å²) >= 11 is 3.37. The maximum absolute atomic E-state index is 5.25. The molecule has 0 saturated heterocycles. The van der Waals surface area contributed by atoms with Gasteiger partial charge in [0.05, 0.1) is 12.0 Å². The lowest BCUT2D eigenvalue weighted by Gasteiger charge is -1.95. The molecule has 0 spiro atoms. The van der Waals surface area contributed by atoms with Crippen molar-refractivity contribution in [2.24, 2.45) is 5.84 Å². The summed E-state index contributed by atoms with van der Waals surface area (Å²) in [6, 6.07) is 3.88. The molecule has 3 N–H and O–H groups in total. The van der Waals surface area contributed by atoms with Crippen LogP contribution in [0, 0.1) is 0 Å². The van der Waals surface area contributed by atoms with E-state index in [1.165, 1.54) is 4.88 Å². The molecule has 2 aromatic heterocycles. The molecule has 4 nitrogen and oxygen atoms in total. The molecule has 0 aromatic carbocycles. The number of furan rings is 1. The number of hydrogen-bond donors (Lipinski definition) is 2. The number of aromatic nitrogens is 1. The van der Waals surface area contributed by atoms with Gasteiger partial charge in [-0.3, -0.25) is 5.43 Å². The van der Waals surface area contributed by atoms with E-state index in [2.05, 4.69) is 10.4 Å². The van der Waals surface area contributed by atoms with Crippen molar-refractivity contribution < 1.29 is 4.42 Å². The van der Waals surface area contributed by atoms with E-state index < -0.39 is 0 Å². The Morgan fingerprint density at radius 1 is 1.53 bits per heavy atom. The van der Waals surface area contributed by atoms with Crippen molar-refractivity contribution in [3.05, 3.63) is 35.2 Å². The lowest BCUT2D eigenvalue weighted by Crippen LogP contribution is -2.05. The zero-order valence-corrected chi connectivity index (χ0v) is 9.61. The van der Waals surface area contributed by atoms with E-state index in [9.17, 15) is 0 Å². The molecular weight excluding hydrogens is 230 g/mol. The average Bonchev–Trinajstić information content (AvgIpc) is 2.88. The number of thiazole rings is 1. The Kier molecular flexibility index (Phi) is 3.65. The van der Waals surface area contributed by atoms with Crippen LogP contribution in [0.4, 0.5) is 5.13 Å². The Balaban J connectivity index is 1.78. The lowest BCUT2D eigenvalue weighted by atomic mass is 10.5.